The fraction of sp³-hybridized carbons (Fsp3) is 0.562. The average molecular weight is 322 g/mol. The third-order valence-electron chi connectivity index (χ3n) is 3.96. The molecule has 0 saturated carbocycles. The Morgan fingerprint density at radius 2 is 2.17 bits per heavy atom. The summed E-state index contributed by atoms with van der Waals surface area (Å²) in [6, 6.07) is 1.80. The fourth-order valence-electron chi connectivity index (χ4n) is 2.74. The number of hydrogen-bond donors (Lipinski definition) is 1. The largest absolute Gasteiger partial charge is 0.468 e. The van der Waals surface area contributed by atoms with E-state index >= 15 is 0 Å². The molecule has 0 spiro atoms. The van der Waals surface area contributed by atoms with Gasteiger partial charge in [-0.3, -0.25) is 14.4 Å². The van der Waals surface area contributed by atoms with Crippen LogP contribution >= 0.6 is 0 Å². The number of aromatic nitrogens is 1. The van der Waals surface area contributed by atoms with Crippen LogP contribution in [0.4, 0.5) is 0 Å². The zero-order valence-electron chi connectivity index (χ0n) is 13.7. The standard InChI is InChI=1S/C16H22N2O5/c1-10-7-11(2)18(9-12-5-4-6-23-12)16(21)14(10)15(20)17-8-13(19)22-3/h7,12H,4-6,8-9H2,1-3H3,(H,17,20)/t12-/m0/s1. The van der Waals surface area contributed by atoms with Crippen LogP contribution in [0.2, 0.25) is 0 Å². The highest BCUT2D eigenvalue weighted by Gasteiger charge is 2.22. The highest BCUT2D eigenvalue weighted by atomic mass is 16.5. The number of ether oxygens (including phenoxy) is 2. The third kappa shape index (κ3) is 3.98. The summed E-state index contributed by atoms with van der Waals surface area (Å²) < 4.78 is 11.6. The number of nitrogens with zero attached hydrogens (tertiary/aromatic N) is 1. The lowest BCUT2D eigenvalue weighted by molar-refractivity contribution is -0.139. The maximum atomic E-state index is 12.7. The second-order valence-corrected chi connectivity index (χ2v) is 5.65. The molecule has 1 aromatic heterocycles. The van der Waals surface area contributed by atoms with Crippen LogP contribution in [0.1, 0.15) is 34.5 Å². The summed E-state index contributed by atoms with van der Waals surface area (Å²) in [6.07, 6.45) is 1.89. The number of rotatable bonds is 5. The van der Waals surface area contributed by atoms with Gasteiger partial charge < -0.3 is 19.4 Å². The molecular weight excluding hydrogens is 300 g/mol. The highest BCUT2D eigenvalue weighted by Crippen LogP contribution is 2.15. The summed E-state index contributed by atoms with van der Waals surface area (Å²) in [6.45, 7) is 4.41. The molecule has 7 heteroatoms. The van der Waals surface area contributed by atoms with Crippen LogP contribution in [-0.4, -0.2) is 42.8 Å². The quantitative estimate of drug-likeness (QED) is 0.800. The number of hydrogen-bond acceptors (Lipinski definition) is 5. The van der Waals surface area contributed by atoms with Crippen LogP contribution in [0, 0.1) is 13.8 Å². The summed E-state index contributed by atoms with van der Waals surface area (Å²) in [5.41, 5.74) is 1.06. The van der Waals surface area contributed by atoms with E-state index in [0.29, 0.717) is 18.7 Å². The molecule has 1 saturated heterocycles. The Bertz CT molecular complexity index is 659. The van der Waals surface area contributed by atoms with E-state index in [1.54, 1.807) is 17.6 Å². The molecule has 0 unspecified atom stereocenters. The number of esters is 1. The molecule has 1 aliphatic rings. The van der Waals surface area contributed by atoms with Gasteiger partial charge in [0, 0.05) is 12.3 Å². The van der Waals surface area contributed by atoms with E-state index < -0.39 is 11.9 Å². The maximum absolute atomic E-state index is 12.7. The second kappa shape index (κ2) is 7.41. The lowest BCUT2D eigenvalue weighted by Gasteiger charge is -2.17. The Morgan fingerprint density at radius 1 is 1.43 bits per heavy atom. The van der Waals surface area contributed by atoms with Gasteiger partial charge in [-0.1, -0.05) is 0 Å². The zero-order valence-corrected chi connectivity index (χ0v) is 13.7. The van der Waals surface area contributed by atoms with Gasteiger partial charge in [0.1, 0.15) is 12.1 Å². The van der Waals surface area contributed by atoms with Gasteiger partial charge in [-0.25, -0.2) is 0 Å². The van der Waals surface area contributed by atoms with E-state index in [0.717, 1.165) is 18.5 Å². The van der Waals surface area contributed by atoms with Crippen molar-refractivity contribution in [3.05, 3.63) is 33.2 Å². The molecular formula is C16H22N2O5. The van der Waals surface area contributed by atoms with Crippen molar-refractivity contribution in [3.8, 4) is 0 Å². The number of nitrogens with one attached hydrogen (secondary N) is 1. The fourth-order valence-corrected chi connectivity index (χ4v) is 2.74. The molecule has 23 heavy (non-hydrogen) atoms. The molecule has 1 aromatic rings. The Balaban J connectivity index is 2.26. The molecule has 1 fully saturated rings. The van der Waals surface area contributed by atoms with Gasteiger partial charge in [-0.15, -0.1) is 0 Å². The third-order valence-corrected chi connectivity index (χ3v) is 3.96. The molecule has 7 nitrogen and oxygen atoms in total. The minimum atomic E-state index is -0.570. The lowest BCUT2D eigenvalue weighted by Crippen LogP contribution is -2.38. The second-order valence-electron chi connectivity index (χ2n) is 5.65. The molecule has 0 aromatic carbocycles. The first-order valence-corrected chi connectivity index (χ1v) is 7.61. The van der Waals surface area contributed by atoms with Crippen molar-refractivity contribution in [2.24, 2.45) is 0 Å². The van der Waals surface area contributed by atoms with E-state index in [1.165, 1.54) is 7.11 Å². The van der Waals surface area contributed by atoms with Gasteiger partial charge in [-0.2, -0.15) is 0 Å². The molecule has 126 valence electrons. The minimum Gasteiger partial charge on any atom is -0.468 e. The predicted octanol–water partition coefficient (Wildman–Crippen LogP) is 0.547. The normalized spacial score (nSPS) is 17.1. The van der Waals surface area contributed by atoms with Crippen LogP contribution in [0.15, 0.2) is 10.9 Å². The molecule has 1 aliphatic heterocycles. The first kappa shape index (κ1) is 17.2. The van der Waals surface area contributed by atoms with Gasteiger partial charge >= 0.3 is 5.97 Å². The molecule has 1 atom stereocenters. The molecule has 2 rings (SSSR count). The zero-order chi connectivity index (χ0) is 17.0. The Kier molecular flexibility index (Phi) is 5.54. The van der Waals surface area contributed by atoms with Crippen LogP contribution in [0.3, 0.4) is 0 Å². The van der Waals surface area contributed by atoms with E-state index in [2.05, 4.69) is 10.1 Å². The molecule has 0 radical (unpaired) electrons. The van der Waals surface area contributed by atoms with Gasteiger partial charge in [0.25, 0.3) is 11.5 Å². The summed E-state index contributed by atoms with van der Waals surface area (Å²) in [4.78, 5) is 36.1. The van der Waals surface area contributed by atoms with Crippen molar-refractivity contribution in [2.75, 3.05) is 20.3 Å². The van der Waals surface area contributed by atoms with E-state index in [9.17, 15) is 14.4 Å². The Morgan fingerprint density at radius 3 is 2.78 bits per heavy atom. The van der Waals surface area contributed by atoms with Crippen molar-refractivity contribution < 1.29 is 19.1 Å². The number of amides is 1. The molecule has 1 N–H and O–H groups in total. The first-order valence-electron chi connectivity index (χ1n) is 7.61. The summed E-state index contributed by atoms with van der Waals surface area (Å²) in [7, 11) is 1.24. The predicted molar refractivity (Wildman–Crippen MR) is 83.5 cm³/mol. The van der Waals surface area contributed by atoms with E-state index in [-0.39, 0.29) is 23.8 Å². The molecule has 0 aliphatic carbocycles. The van der Waals surface area contributed by atoms with Crippen molar-refractivity contribution in [1.29, 1.82) is 0 Å². The summed E-state index contributed by atoms with van der Waals surface area (Å²) >= 11 is 0. The molecule has 2 heterocycles. The van der Waals surface area contributed by atoms with Crippen molar-refractivity contribution in [1.82, 2.24) is 9.88 Å². The first-order chi connectivity index (χ1) is 10.9. The number of methoxy groups -OCH3 is 1. The number of carbonyl (C=O) groups is 2. The average Bonchev–Trinajstić information content (AvgIpc) is 3.01. The summed E-state index contributed by atoms with van der Waals surface area (Å²) in [5.74, 6) is -1.14. The van der Waals surface area contributed by atoms with Crippen LogP contribution in [0.25, 0.3) is 0 Å². The molecule has 1 amide bonds. The highest BCUT2D eigenvalue weighted by molar-refractivity contribution is 5.96. The van der Waals surface area contributed by atoms with Gasteiger partial charge in [0.2, 0.25) is 0 Å². The van der Waals surface area contributed by atoms with Gasteiger partial charge in [-0.05, 0) is 38.3 Å². The van der Waals surface area contributed by atoms with Crippen molar-refractivity contribution in [3.63, 3.8) is 0 Å². The monoisotopic (exact) mass is 322 g/mol. The molecule has 0 bridgehead atoms. The topological polar surface area (TPSA) is 86.6 Å². The maximum Gasteiger partial charge on any atom is 0.325 e. The van der Waals surface area contributed by atoms with Crippen LogP contribution in [0.5, 0.6) is 0 Å². The smallest absolute Gasteiger partial charge is 0.325 e. The van der Waals surface area contributed by atoms with Crippen LogP contribution in [-0.2, 0) is 20.8 Å². The van der Waals surface area contributed by atoms with Crippen molar-refractivity contribution >= 4 is 11.9 Å². The summed E-state index contributed by atoms with van der Waals surface area (Å²) in [5, 5.41) is 2.41. The SMILES string of the molecule is COC(=O)CNC(=O)c1c(C)cc(C)n(C[C@@H]2CCCO2)c1=O. The van der Waals surface area contributed by atoms with Gasteiger partial charge in [0.05, 0.1) is 19.8 Å². The van der Waals surface area contributed by atoms with Crippen LogP contribution < -0.4 is 10.9 Å². The van der Waals surface area contributed by atoms with Crippen molar-refractivity contribution in [2.45, 2.75) is 39.3 Å². The lowest BCUT2D eigenvalue weighted by atomic mass is 10.1. The van der Waals surface area contributed by atoms with E-state index in [4.69, 9.17) is 4.74 Å². The number of pyridine rings is 1. The Labute approximate surface area is 134 Å². The number of aryl methyl sites for hydroxylation is 2. The minimum absolute atomic E-state index is 0.0000801. The number of carbonyl (C=O) groups excluding carboxylic acids is 2. The van der Waals surface area contributed by atoms with Gasteiger partial charge in [0.15, 0.2) is 0 Å². The Hall–Kier alpha value is -2.15. The van der Waals surface area contributed by atoms with E-state index in [1.807, 2.05) is 6.92 Å².